The fourth-order valence-corrected chi connectivity index (χ4v) is 3.45. The Morgan fingerprint density at radius 1 is 1.28 bits per heavy atom. The molecule has 2 aliphatic heterocycles. The quantitative estimate of drug-likeness (QED) is 0.672. The number of hydrogen-bond donors (Lipinski definition) is 2. The summed E-state index contributed by atoms with van der Waals surface area (Å²) in [5.41, 5.74) is 5.40. The zero-order valence-electron chi connectivity index (χ0n) is 15.4. The zero-order valence-corrected chi connectivity index (χ0v) is 15.4. The van der Waals surface area contributed by atoms with Crippen LogP contribution in [0.5, 0.6) is 0 Å². The molecule has 144 valence electrons. The number of carbonyl (C=O) groups is 2. The molecule has 0 bridgehead atoms. The van der Waals surface area contributed by atoms with E-state index in [-0.39, 0.29) is 24.0 Å². The monoisotopic (exact) mass is 355 g/mol. The van der Waals surface area contributed by atoms with Gasteiger partial charge in [-0.2, -0.15) is 0 Å². The van der Waals surface area contributed by atoms with Gasteiger partial charge in [-0.25, -0.2) is 0 Å². The first kappa shape index (κ1) is 20.1. The molecule has 0 radical (unpaired) electrons. The highest BCUT2D eigenvalue weighted by Crippen LogP contribution is 2.19. The van der Waals surface area contributed by atoms with Gasteiger partial charge in [0.25, 0.3) is 5.91 Å². The largest absolute Gasteiger partial charge is 0.376 e. The lowest BCUT2D eigenvalue weighted by molar-refractivity contribution is -0.150. The molecular weight excluding hydrogens is 322 g/mol. The van der Waals surface area contributed by atoms with Crippen molar-refractivity contribution in [3.8, 4) is 0 Å². The number of nitrogens with two attached hydrogens (primary N) is 1. The molecule has 0 spiro atoms. The van der Waals surface area contributed by atoms with E-state index in [1.807, 2.05) is 11.8 Å². The summed E-state index contributed by atoms with van der Waals surface area (Å²) < 4.78 is 11.4. The Kier molecular flexibility index (Phi) is 8.64. The summed E-state index contributed by atoms with van der Waals surface area (Å²) in [7, 11) is 0. The number of amides is 2. The second-order valence-corrected chi connectivity index (χ2v) is 6.99. The van der Waals surface area contributed by atoms with Gasteiger partial charge in [-0.1, -0.05) is 0 Å². The SMILES string of the molecule is CC(OCC1CCCCO1)C(=O)N1CCCCC1CNC(=O)CCN. The Hall–Kier alpha value is -1.18. The molecular formula is C18H33N3O4. The highest BCUT2D eigenvalue weighted by atomic mass is 16.5. The molecule has 2 fully saturated rings. The topological polar surface area (TPSA) is 93.9 Å². The molecule has 3 N–H and O–H groups in total. The van der Waals surface area contributed by atoms with Crippen molar-refractivity contribution in [2.75, 3.05) is 32.8 Å². The second-order valence-electron chi connectivity index (χ2n) is 6.99. The van der Waals surface area contributed by atoms with Crippen LogP contribution in [0.3, 0.4) is 0 Å². The van der Waals surface area contributed by atoms with Gasteiger partial charge in [-0.15, -0.1) is 0 Å². The average molecular weight is 355 g/mol. The summed E-state index contributed by atoms with van der Waals surface area (Å²) in [4.78, 5) is 26.3. The minimum atomic E-state index is -0.481. The van der Waals surface area contributed by atoms with E-state index in [1.165, 1.54) is 0 Å². The number of carbonyl (C=O) groups excluding carboxylic acids is 2. The van der Waals surface area contributed by atoms with Crippen molar-refractivity contribution in [2.45, 2.75) is 70.1 Å². The molecule has 0 aliphatic carbocycles. The Morgan fingerprint density at radius 2 is 2.08 bits per heavy atom. The van der Waals surface area contributed by atoms with Crippen LogP contribution >= 0.6 is 0 Å². The summed E-state index contributed by atoms with van der Waals surface area (Å²) in [6.45, 7) is 4.62. The molecule has 2 amide bonds. The first-order valence-corrected chi connectivity index (χ1v) is 9.62. The minimum absolute atomic E-state index is 0.00795. The summed E-state index contributed by atoms with van der Waals surface area (Å²) in [5.74, 6) is -0.0483. The van der Waals surface area contributed by atoms with Gasteiger partial charge in [0.1, 0.15) is 6.10 Å². The summed E-state index contributed by atoms with van der Waals surface area (Å²) in [5, 5.41) is 2.89. The number of nitrogens with zero attached hydrogens (tertiary/aromatic N) is 1. The number of ether oxygens (including phenoxy) is 2. The smallest absolute Gasteiger partial charge is 0.251 e. The molecule has 2 aliphatic rings. The van der Waals surface area contributed by atoms with Crippen LogP contribution < -0.4 is 11.1 Å². The van der Waals surface area contributed by atoms with E-state index in [0.717, 1.165) is 51.7 Å². The lowest BCUT2D eigenvalue weighted by Gasteiger charge is -2.37. The second kappa shape index (κ2) is 10.7. The van der Waals surface area contributed by atoms with Crippen molar-refractivity contribution in [1.82, 2.24) is 10.2 Å². The molecule has 3 unspecified atom stereocenters. The fourth-order valence-electron chi connectivity index (χ4n) is 3.45. The summed E-state index contributed by atoms with van der Waals surface area (Å²) in [6.07, 6.45) is 6.20. The van der Waals surface area contributed by atoms with Crippen molar-refractivity contribution in [2.24, 2.45) is 5.73 Å². The maximum Gasteiger partial charge on any atom is 0.251 e. The molecule has 2 rings (SSSR count). The number of rotatable bonds is 8. The highest BCUT2D eigenvalue weighted by molar-refractivity contribution is 5.81. The van der Waals surface area contributed by atoms with Crippen LogP contribution in [0.4, 0.5) is 0 Å². The molecule has 0 aromatic heterocycles. The lowest BCUT2D eigenvalue weighted by Crippen LogP contribution is -2.52. The van der Waals surface area contributed by atoms with Crippen LogP contribution in [0.15, 0.2) is 0 Å². The summed E-state index contributed by atoms with van der Waals surface area (Å²) >= 11 is 0. The molecule has 7 heteroatoms. The minimum Gasteiger partial charge on any atom is -0.376 e. The Bertz CT molecular complexity index is 427. The standard InChI is InChI=1S/C18H33N3O4/c1-14(25-13-16-7-3-5-11-24-16)18(23)21-10-4-2-6-15(21)12-20-17(22)8-9-19/h14-16H,2-13,19H2,1H3,(H,20,22). The van der Waals surface area contributed by atoms with Crippen LogP contribution in [-0.2, 0) is 19.1 Å². The Labute approximate surface area is 150 Å². The van der Waals surface area contributed by atoms with Crippen molar-refractivity contribution in [3.05, 3.63) is 0 Å². The predicted octanol–water partition coefficient (Wildman–Crippen LogP) is 0.807. The lowest BCUT2D eigenvalue weighted by atomic mass is 10.0. The summed E-state index contributed by atoms with van der Waals surface area (Å²) in [6, 6.07) is 0.0416. The van der Waals surface area contributed by atoms with Gasteiger partial charge in [0, 0.05) is 38.7 Å². The van der Waals surface area contributed by atoms with E-state index in [2.05, 4.69) is 5.32 Å². The highest BCUT2D eigenvalue weighted by Gasteiger charge is 2.30. The van der Waals surface area contributed by atoms with Crippen molar-refractivity contribution < 1.29 is 19.1 Å². The van der Waals surface area contributed by atoms with Gasteiger partial charge in [0.2, 0.25) is 5.91 Å². The number of nitrogens with one attached hydrogen (secondary N) is 1. The third kappa shape index (κ3) is 6.56. The normalized spacial score (nSPS) is 25.4. The maximum atomic E-state index is 12.8. The van der Waals surface area contributed by atoms with Crippen LogP contribution in [0.1, 0.15) is 51.9 Å². The van der Waals surface area contributed by atoms with E-state index in [9.17, 15) is 9.59 Å². The molecule has 2 saturated heterocycles. The number of hydrogen-bond acceptors (Lipinski definition) is 5. The van der Waals surface area contributed by atoms with E-state index >= 15 is 0 Å². The van der Waals surface area contributed by atoms with Crippen LogP contribution in [0.25, 0.3) is 0 Å². The van der Waals surface area contributed by atoms with E-state index in [0.29, 0.717) is 26.1 Å². The Morgan fingerprint density at radius 3 is 2.80 bits per heavy atom. The molecule has 0 aromatic carbocycles. The average Bonchev–Trinajstić information content (AvgIpc) is 2.65. The van der Waals surface area contributed by atoms with Crippen molar-refractivity contribution >= 4 is 11.8 Å². The van der Waals surface area contributed by atoms with Gasteiger partial charge >= 0.3 is 0 Å². The van der Waals surface area contributed by atoms with Gasteiger partial charge in [-0.3, -0.25) is 9.59 Å². The molecule has 3 atom stereocenters. The number of likely N-dealkylation sites (tertiary alicyclic amines) is 1. The third-order valence-electron chi connectivity index (χ3n) is 4.97. The molecule has 2 heterocycles. The first-order chi connectivity index (χ1) is 12.1. The van der Waals surface area contributed by atoms with E-state index in [1.54, 1.807) is 0 Å². The maximum absolute atomic E-state index is 12.8. The van der Waals surface area contributed by atoms with Crippen molar-refractivity contribution in [1.29, 1.82) is 0 Å². The van der Waals surface area contributed by atoms with Crippen LogP contribution in [0.2, 0.25) is 0 Å². The molecule has 0 saturated carbocycles. The van der Waals surface area contributed by atoms with E-state index < -0.39 is 6.10 Å². The van der Waals surface area contributed by atoms with Gasteiger partial charge in [0.15, 0.2) is 0 Å². The predicted molar refractivity (Wildman–Crippen MR) is 95.0 cm³/mol. The van der Waals surface area contributed by atoms with Crippen LogP contribution in [0, 0.1) is 0 Å². The van der Waals surface area contributed by atoms with Gasteiger partial charge in [0.05, 0.1) is 12.7 Å². The molecule has 7 nitrogen and oxygen atoms in total. The molecule has 0 aromatic rings. The molecule has 25 heavy (non-hydrogen) atoms. The zero-order chi connectivity index (χ0) is 18.1. The third-order valence-corrected chi connectivity index (χ3v) is 4.97. The van der Waals surface area contributed by atoms with Crippen LogP contribution in [-0.4, -0.2) is 67.8 Å². The first-order valence-electron chi connectivity index (χ1n) is 9.62. The van der Waals surface area contributed by atoms with Gasteiger partial charge in [-0.05, 0) is 45.4 Å². The van der Waals surface area contributed by atoms with Gasteiger partial charge < -0.3 is 25.4 Å². The number of piperidine rings is 1. The fraction of sp³-hybridized carbons (Fsp3) is 0.889. The van der Waals surface area contributed by atoms with E-state index in [4.69, 9.17) is 15.2 Å². The van der Waals surface area contributed by atoms with Crippen molar-refractivity contribution in [3.63, 3.8) is 0 Å². The Balaban J connectivity index is 1.80.